The first kappa shape index (κ1) is 13.6. The zero-order chi connectivity index (χ0) is 14.8. The number of hydrogen-bond donors (Lipinski definition) is 1. The van der Waals surface area contributed by atoms with E-state index in [0.29, 0.717) is 24.7 Å². The number of rotatable bonds is 5. The van der Waals surface area contributed by atoms with Crippen LogP contribution in [0.15, 0.2) is 28.8 Å². The second kappa shape index (κ2) is 5.55. The molecule has 110 valence electrons. The summed E-state index contributed by atoms with van der Waals surface area (Å²) >= 11 is 0. The van der Waals surface area contributed by atoms with E-state index in [2.05, 4.69) is 10.1 Å². The normalized spacial score (nSPS) is 17.0. The average Bonchev–Trinajstić information content (AvgIpc) is 3.05. The highest BCUT2D eigenvalue weighted by Crippen LogP contribution is 2.33. The quantitative estimate of drug-likeness (QED) is 0.906. The maximum Gasteiger partial charge on any atom is 0.326 e. The number of fused-ring (bicyclic) bond motifs is 1. The van der Waals surface area contributed by atoms with E-state index in [9.17, 15) is 9.90 Å². The number of benzene rings is 1. The van der Waals surface area contributed by atoms with Gasteiger partial charge in [-0.15, -0.1) is 0 Å². The standard InChI is InChI=1S/C15H17N3O3/c1-2-5-14-16-13(17-21-14)9-18-11-7-4-3-6-10(11)8-12(18)15(19)20/h3-4,6-7,12H,2,5,8-9H2,1H3,(H,19,20). The molecule has 1 N–H and O–H groups in total. The Hall–Kier alpha value is -2.37. The van der Waals surface area contributed by atoms with Gasteiger partial charge in [-0.1, -0.05) is 30.3 Å². The molecule has 3 rings (SSSR count). The molecule has 1 aliphatic heterocycles. The largest absolute Gasteiger partial charge is 0.480 e. The zero-order valence-electron chi connectivity index (χ0n) is 11.8. The van der Waals surface area contributed by atoms with Crippen molar-refractivity contribution in [1.82, 2.24) is 10.1 Å². The first-order valence-electron chi connectivity index (χ1n) is 7.08. The summed E-state index contributed by atoms with van der Waals surface area (Å²) in [6.07, 6.45) is 2.18. The van der Waals surface area contributed by atoms with Crippen LogP contribution in [-0.2, 0) is 24.2 Å². The van der Waals surface area contributed by atoms with Crippen LogP contribution in [0.2, 0.25) is 0 Å². The minimum atomic E-state index is -0.830. The van der Waals surface area contributed by atoms with Crippen LogP contribution in [0.1, 0.15) is 30.6 Å². The Morgan fingerprint density at radius 2 is 2.29 bits per heavy atom. The third-order valence-electron chi connectivity index (χ3n) is 3.66. The minimum Gasteiger partial charge on any atom is -0.480 e. The van der Waals surface area contributed by atoms with Gasteiger partial charge < -0.3 is 14.5 Å². The van der Waals surface area contributed by atoms with Crippen molar-refractivity contribution in [3.63, 3.8) is 0 Å². The molecule has 0 fully saturated rings. The molecule has 6 heteroatoms. The number of aliphatic carboxylic acids is 1. The number of anilines is 1. The molecule has 2 aromatic rings. The fraction of sp³-hybridized carbons (Fsp3) is 0.400. The second-order valence-electron chi connectivity index (χ2n) is 5.17. The van der Waals surface area contributed by atoms with Crippen molar-refractivity contribution in [3.05, 3.63) is 41.5 Å². The number of carbonyl (C=O) groups is 1. The second-order valence-corrected chi connectivity index (χ2v) is 5.17. The van der Waals surface area contributed by atoms with Gasteiger partial charge in [-0.05, 0) is 18.1 Å². The molecule has 1 aliphatic rings. The van der Waals surface area contributed by atoms with Gasteiger partial charge in [0.05, 0.1) is 6.54 Å². The molecule has 0 radical (unpaired) electrons. The average molecular weight is 287 g/mol. The van der Waals surface area contributed by atoms with Gasteiger partial charge in [0.2, 0.25) is 5.89 Å². The van der Waals surface area contributed by atoms with Crippen LogP contribution in [0.3, 0.4) is 0 Å². The molecular weight excluding hydrogens is 270 g/mol. The first-order valence-corrected chi connectivity index (χ1v) is 7.08. The number of nitrogens with zero attached hydrogens (tertiary/aromatic N) is 3. The van der Waals surface area contributed by atoms with E-state index in [1.165, 1.54) is 0 Å². The molecule has 21 heavy (non-hydrogen) atoms. The Balaban J connectivity index is 1.85. The van der Waals surface area contributed by atoms with E-state index in [-0.39, 0.29) is 0 Å². The maximum absolute atomic E-state index is 11.5. The first-order chi connectivity index (χ1) is 10.2. The van der Waals surface area contributed by atoms with Crippen LogP contribution in [-0.4, -0.2) is 27.3 Å². The van der Waals surface area contributed by atoms with Crippen molar-refractivity contribution in [1.29, 1.82) is 0 Å². The number of carboxylic acids is 1. The smallest absolute Gasteiger partial charge is 0.326 e. The molecule has 0 bridgehead atoms. The number of aromatic nitrogens is 2. The Morgan fingerprint density at radius 3 is 3.05 bits per heavy atom. The molecule has 0 spiro atoms. The van der Waals surface area contributed by atoms with Gasteiger partial charge in [-0.3, -0.25) is 0 Å². The molecular formula is C15H17N3O3. The highest BCUT2D eigenvalue weighted by atomic mass is 16.5. The molecule has 2 heterocycles. The highest BCUT2D eigenvalue weighted by Gasteiger charge is 2.34. The number of carboxylic acid groups (broad SMARTS) is 1. The van der Waals surface area contributed by atoms with Crippen LogP contribution < -0.4 is 4.90 Å². The highest BCUT2D eigenvalue weighted by molar-refractivity contribution is 5.82. The van der Waals surface area contributed by atoms with Gasteiger partial charge in [0.15, 0.2) is 5.82 Å². The monoisotopic (exact) mass is 287 g/mol. The number of hydrogen-bond acceptors (Lipinski definition) is 5. The fourth-order valence-electron chi connectivity index (χ4n) is 2.69. The number of para-hydroxylation sites is 1. The van der Waals surface area contributed by atoms with Crippen molar-refractivity contribution >= 4 is 11.7 Å². The Morgan fingerprint density at radius 1 is 1.48 bits per heavy atom. The number of aryl methyl sites for hydroxylation is 1. The summed E-state index contributed by atoms with van der Waals surface area (Å²) in [7, 11) is 0. The van der Waals surface area contributed by atoms with Gasteiger partial charge in [0.1, 0.15) is 6.04 Å². The summed E-state index contributed by atoms with van der Waals surface area (Å²) in [6.45, 7) is 2.39. The van der Waals surface area contributed by atoms with E-state index in [0.717, 1.165) is 24.1 Å². The molecule has 1 unspecified atom stereocenters. The molecule has 1 atom stereocenters. The van der Waals surface area contributed by atoms with Crippen LogP contribution in [0.4, 0.5) is 5.69 Å². The summed E-state index contributed by atoms with van der Waals surface area (Å²) in [5.74, 6) is 0.303. The van der Waals surface area contributed by atoms with Gasteiger partial charge >= 0.3 is 5.97 Å². The third kappa shape index (κ3) is 2.61. The lowest BCUT2D eigenvalue weighted by molar-refractivity contribution is -0.138. The van der Waals surface area contributed by atoms with Crippen molar-refractivity contribution < 1.29 is 14.4 Å². The van der Waals surface area contributed by atoms with Crippen LogP contribution in [0.25, 0.3) is 0 Å². The predicted molar refractivity (Wildman–Crippen MR) is 76.0 cm³/mol. The van der Waals surface area contributed by atoms with Crippen molar-refractivity contribution in [2.45, 2.75) is 38.8 Å². The molecule has 0 saturated heterocycles. The van der Waals surface area contributed by atoms with E-state index in [4.69, 9.17) is 4.52 Å². The Kier molecular flexibility index (Phi) is 3.60. The van der Waals surface area contributed by atoms with Gasteiger partial charge in [0.25, 0.3) is 0 Å². The van der Waals surface area contributed by atoms with Gasteiger partial charge in [-0.2, -0.15) is 4.98 Å². The molecule has 1 aromatic carbocycles. The fourth-order valence-corrected chi connectivity index (χ4v) is 2.69. The lowest BCUT2D eigenvalue weighted by atomic mass is 10.1. The summed E-state index contributed by atoms with van der Waals surface area (Å²) in [6, 6.07) is 7.16. The van der Waals surface area contributed by atoms with Gasteiger partial charge in [0, 0.05) is 18.5 Å². The minimum absolute atomic E-state index is 0.348. The van der Waals surface area contributed by atoms with E-state index < -0.39 is 12.0 Å². The van der Waals surface area contributed by atoms with Crippen molar-refractivity contribution in [2.75, 3.05) is 4.90 Å². The van der Waals surface area contributed by atoms with E-state index in [1.54, 1.807) is 0 Å². The molecule has 0 amide bonds. The van der Waals surface area contributed by atoms with E-state index >= 15 is 0 Å². The lowest BCUT2D eigenvalue weighted by Gasteiger charge is -2.22. The van der Waals surface area contributed by atoms with E-state index in [1.807, 2.05) is 36.1 Å². The molecule has 0 aliphatic carbocycles. The Bertz CT molecular complexity index is 653. The third-order valence-corrected chi connectivity index (χ3v) is 3.66. The maximum atomic E-state index is 11.5. The summed E-state index contributed by atoms with van der Waals surface area (Å²) in [5.41, 5.74) is 1.98. The molecule has 6 nitrogen and oxygen atoms in total. The summed E-state index contributed by atoms with van der Waals surface area (Å²) < 4.78 is 5.16. The zero-order valence-corrected chi connectivity index (χ0v) is 11.8. The van der Waals surface area contributed by atoms with Crippen LogP contribution in [0.5, 0.6) is 0 Å². The summed E-state index contributed by atoms with van der Waals surface area (Å²) in [5, 5.41) is 13.4. The lowest BCUT2D eigenvalue weighted by Crippen LogP contribution is -2.38. The molecule has 1 aromatic heterocycles. The van der Waals surface area contributed by atoms with Crippen LogP contribution in [0, 0.1) is 0 Å². The molecule has 0 saturated carbocycles. The van der Waals surface area contributed by atoms with Gasteiger partial charge in [-0.25, -0.2) is 4.79 Å². The summed E-state index contributed by atoms with van der Waals surface area (Å²) in [4.78, 5) is 17.6. The Labute approximate surface area is 122 Å². The topological polar surface area (TPSA) is 79.5 Å². The predicted octanol–water partition coefficient (Wildman–Crippen LogP) is 2.04. The van der Waals surface area contributed by atoms with Crippen molar-refractivity contribution in [3.8, 4) is 0 Å². The van der Waals surface area contributed by atoms with Crippen molar-refractivity contribution in [2.24, 2.45) is 0 Å². The van der Waals surface area contributed by atoms with Crippen LogP contribution >= 0.6 is 0 Å². The SMILES string of the molecule is CCCc1nc(CN2c3ccccc3CC2C(=O)O)no1.